The minimum Gasteiger partial charge on any atom is -0.341 e. The third-order valence-electron chi connectivity index (χ3n) is 1.14. The topological polar surface area (TPSA) is 26.1 Å². The summed E-state index contributed by atoms with van der Waals surface area (Å²) in [6.07, 6.45) is -0.301. The van der Waals surface area contributed by atoms with Crippen LogP contribution in [0.15, 0.2) is 0 Å². The molecule has 0 amide bonds. The van der Waals surface area contributed by atoms with Crippen LogP contribution in [0.1, 0.15) is 13.8 Å². The molecule has 0 spiro atoms. The van der Waals surface area contributed by atoms with Crippen LogP contribution in [0.3, 0.4) is 0 Å². The predicted octanol–water partition coefficient (Wildman–Crippen LogP) is 0.114. The average Bonchev–Trinajstić information content (AvgIpc) is 1.65. The first-order valence-corrected chi connectivity index (χ1v) is 2.56. The molecule has 0 aliphatic heterocycles. The standard InChI is InChI=1S/C5H13NO/c1-4-6(3)5(2)7/h5,7H,4H2,1-3H3/q+1. The minimum atomic E-state index is -0.301. The molecule has 2 nitrogen and oxygen atoms in total. The third-order valence-corrected chi connectivity index (χ3v) is 1.14. The van der Waals surface area contributed by atoms with Crippen LogP contribution in [0.2, 0.25) is 0 Å². The Hall–Kier alpha value is -0.0800. The van der Waals surface area contributed by atoms with E-state index < -0.39 is 0 Å². The summed E-state index contributed by atoms with van der Waals surface area (Å²) in [4.78, 5) is 1.85. The molecule has 1 atom stereocenters. The van der Waals surface area contributed by atoms with Crippen molar-refractivity contribution < 1.29 is 5.11 Å². The first-order chi connectivity index (χ1) is 3.18. The molecule has 0 aliphatic rings. The van der Waals surface area contributed by atoms with E-state index in [1.807, 2.05) is 18.9 Å². The van der Waals surface area contributed by atoms with Crippen molar-refractivity contribution in [1.82, 2.24) is 4.90 Å². The minimum absolute atomic E-state index is 0.301. The van der Waals surface area contributed by atoms with E-state index in [1.165, 1.54) is 0 Å². The van der Waals surface area contributed by atoms with Crippen LogP contribution in [0.4, 0.5) is 0 Å². The zero-order valence-electron chi connectivity index (χ0n) is 5.18. The quantitative estimate of drug-likeness (QED) is 0.390. The zero-order valence-corrected chi connectivity index (χ0v) is 5.18. The highest BCUT2D eigenvalue weighted by Crippen LogP contribution is 1.81. The van der Waals surface area contributed by atoms with Gasteiger partial charge in [0.2, 0.25) is 6.23 Å². The van der Waals surface area contributed by atoms with Gasteiger partial charge in [0.05, 0.1) is 0 Å². The van der Waals surface area contributed by atoms with Crippen LogP contribution in [-0.4, -0.2) is 24.9 Å². The lowest BCUT2D eigenvalue weighted by molar-refractivity contribution is 0.103. The maximum atomic E-state index is 8.75. The lowest BCUT2D eigenvalue weighted by Gasteiger charge is -2.04. The fourth-order valence-electron chi connectivity index (χ4n) is 0.264. The second kappa shape index (κ2) is 2.99. The molecule has 0 saturated heterocycles. The molecule has 0 aromatic rings. The Morgan fingerprint density at radius 3 is 2.14 bits per heavy atom. The molecule has 0 bridgehead atoms. The summed E-state index contributed by atoms with van der Waals surface area (Å²) in [5, 5.41) is 8.75. The summed E-state index contributed by atoms with van der Waals surface area (Å²) in [5.41, 5.74) is 0. The van der Waals surface area contributed by atoms with Crippen molar-refractivity contribution >= 4 is 0 Å². The Morgan fingerprint density at radius 2 is 2.14 bits per heavy atom. The largest absolute Gasteiger partial charge is 0.341 e. The molecule has 1 radical (unpaired) electrons. The molecule has 43 valence electrons. The fraction of sp³-hybridized carbons (Fsp3) is 1.00. The summed E-state index contributed by atoms with van der Waals surface area (Å²) in [5.74, 6) is 0. The van der Waals surface area contributed by atoms with Crippen LogP contribution in [0, 0.1) is 0 Å². The maximum Gasteiger partial charge on any atom is 0.231 e. The molecule has 2 heteroatoms. The number of aliphatic hydroxyl groups is 1. The summed E-state index contributed by atoms with van der Waals surface area (Å²) in [7, 11) is 1.88. The molecular weight excluding hydrogens is 90.1 g/mol. The van der Waals surface area contributed by atoms with E-state index in [0.717, 1.165) is 6.54 Å². The van der Waals surface area contributed by atoms with Crippen LogP contribution < -0.4 is 4.90 Å². The van der Waals surface area contributed by atoms with Crippen LogP contribution >= 0.6 is 0 Å². The monoisotopic (exact) mass is 103 g/mol. The van der Waals surface area contributed by atoms with Gasteiger partial charge in [-0.1, -0.05) is 0 Å². The van der Waals surface area contributed by atoms with E-state index in [0.29, 0.717) is 0 Å². The van der Waals surface area contributed by atoms with E-state index in [-0.39, 0.29) is 6.23 Å². The smallest absolute Gasteiger partial charge is 0.231 e. The molecule has 0 rings (SSSR count). The number of hydrogen-bond acceptors (Lipinski definition) is 2. The van der Waals surface area contributed by atoms with Gasteiger partial charge in [-0.2, -0.15) is 0 Å². The van der Waals surface area contributed by atoms with Gasteiger partial charge in [-0.15, -0.1) is 4.90 Å². The Labute approximate surface area is 44.8 Å². The van der Waals surface area contributed by atoms with Crippen LogP contribution in [0.25, 0.3) is 0 Å². The number of rotatable bonds is 2. The van der Waals surface area contributed by atoms with Crippen molar-refractivity contribution in [3.63, 3.8) is 0 Å². The molecule has 1 unspecified atom stereocenters. The van der Waals surface area contributed by atoms with Crippen LogP contribution in [0.5, 0.6) is 0 Å². The van der Waals surface area contributed by atoms with E-state index in [2.05, 4.69) is 0 Å². The first-order valence-electron chi connectivity index (χ1n) is 2.56. The van der Waals surface area contributed by atoms with E-state index in [1.54, 1.807) is 6.92 Å². The maximum absolute atomic E-state index is 8.75. The average molecular weight is 103 g/mol. The molecule has 0 aromatic carbocycles. The van der Waals surface area contributed by atoms with Gasteiger partial charge in [0.15, 0.2) is 0 Å². The highest BCUT2D eigenvalue weighted by atomic mass is 16.3. The number of aliphatic hydroxyl groups excluding tert-OH is 1. The van der Waals surface area contributed by atoms with Gasteiger partial charge in [-0.25, -0.2) is 0 Å². The lowest BCUT2D eigenvalue weighted by Crippen LogP contribution is -2.33. The van der Waals surface area contributed by atoms with Crippen molar-refractivity contribution in [1.29, 1.82) is 0 Å². The van der Waals surface area contributed by atoms with Crippen molar-refractivity contribution in [2.75, 3.05) is 13.6 Å². The number of hydrogen-bond donors (Lipinski definition) is 1. The van der Waals surface area contributed by atoms with Crippen molar-refractivity contribution in [3.8, 4) is 0 Å². The van der Waals surface area contributed by atoms with Gasteiger partial charge < -0.3 is 5.11 Å². The van der Waals surface area contributed by atoms with Gasteiger partial charge in [0.1, 0.15) is 13.6 Å². The Bertz CT molecular complexity index is 45.3. The molecule has 0 heterocycles. The summed E-state index contributed by atoms with van der Waals surface area (Å²) >= 11 is 0. The number of nitrogens with zero attached hydrogens (tertiary/aromatic N) is 1. The summed E-state index contributed by atoms with van der Waals surface area (Å²) in [6.45, 7) is 4.66. The Kier molecular flexibility index (Phi) is 2.96. The fourth-order valence-corrected chi connectivity index (χ4v) is 0.264. The molecular formula is C5H13NO+. The lowest BCUT2D eigenvalue weighted by atomic mass is 10.5. The first kappa shape index (κ1) is 6.92. The Morgan fingerprint density at radius 1 is 1.71 bits per heavy atom. The third kappa shape index (κ3) is 2.60. The van der Waals surface area contributed by atoms with Crippen LogP contribution in [-0.2, 0) is 0 Å². The van der Waals surface area contributed by atoms with Crippen molar-refractivity contribution in [2.45, 2.75) is 20.1 Å². The molecule has 0 aromatic heterocycles. The summed E-state index contributed by atoms with van der Waals surface area (Å²) < 4.78 is 0. The van der Waals surface area contributed by atoms with Gasteiger partial charge >= 0.3 is 0 Å². The summed E-state index contributed by atoms with van der Waals surface area (Å²) in [6, 6.07) is 0. The SMILES string of the molecule is CC[N+](C)C(C)O. The second-order valence-corrected chi connectivity index (χ2v) is 1.71. The Balaban J connectivity index is 3.14. The highest BCUT2D eigenvalue weighted by molar-refractivity contribution is 4.51. The van der Waals surface area contributed by atoms with E-state index >= 15 is 0 Å². The van der Waals surface area contributed by atoms with E-state index in [4.69, 9.17) is 5.11 Å². The van der Waals surface area contributed by atoms with Gasteiger partial charge in [-0.3, -0.25) is 0 Å². The predicted molar refractivity (Wildman–Crippen MR) is 30.3 cm³/mol. The molecule has 0 aliphatic carbocycles. The normalized spacial score (nSPS) is 15.0. The highest BCUT2D eigenvalue weighted by Gasteiger charge is 2.09. The van der Waals surface area contributed by atoms with Gasteiger partial charge in [-0.05, 0) is 6.92 Å². The van der Waals surface area contributed by atoms with E-state index in [9.17, 15) is 0 Å². The second-order valence-electron chi connectivity index (χ2n) is 1.71. The molecule has 0 fully saturated rings. The van der Waals surface area contributed by atoms with Crippen molar-refractivity contribution in [2.24, 2.45) is 0 Å². The van der Waals surface area contributed by atoms with Crippen molar-refractivity contribution in [3.05, 3.63) is 0 Å². The molecule has 0 saturated carbocycles. The zero-order chi connectivity index (χ0) is 5.86. The van der Waals surface area contributed by atoms with Gasteiger partial charge in [0, 0.05) is 6.92 Å². The molecule has 7 heavy (non-hydrogen) atoms. The van der Waals surface area contributed by atoms with Gasteiger partial charge in [0.25, 0.3) is 0 Å². The molecule has 1 N–H and O–H groups in total.